The average Bonchev–Trinajstić information content (AvgIpc) is 3.58. The van der Waals surface area contributed by atoms with E-state index in [2.05, 4.69) is 83.1 Å². The summed E-state index contributed by atoms with van der Waals surface area (Å²) in [6.45, 7) is 14.9. The van der Waals surface area contributed by atoms with E-state index in [4.69, 9.17) is 18.6 Å². The molecule has 0 saturated carbocycles. The number of hydrogen-bond acceptors (Lipinski definition) is 6. The second-order valence-electron chi connectivity index (χ2n) is 15.8. The SMILES string of the molecule is CC1(C)O[C@H]2[C@@H]([C@H](O)CO[Si](c3ccccc3)(c3ccccc3)C(C)(C)C)O[C@H](CC(C)(C)[Si](O)(c3ccccc3)c3ccccc3)[C@H]2O1. The van der Waals surface area contributed by atoms with Gasteiger partial charge in [-0.3, -0.25) is 0 Å². The molecule has 49 heavy (non-hydrogen) atoms. The van der Waals surface area contributed by atoms with Crippen LogP contribution < -0.4 is 20.7 Å². The number of aliphatic hydroxyl groups excluding tert-OH is 1. The van der Waals surface area contributed by atoms with E-state index in [0.717, 1.165) is 20.7 Å². The summed E-state index contributed by atoms with van der Waals surface area (Å²) in [5.41, 5.74) is 0. The van der Waals surface area contributed by atoms with Crippen LogP contribution in [0.25, 0.3) is 0 Å². The highest BCUT2D eigenvalue weighted by atomic mass is 28.4. The van der Waals surface area contributed by atoms with E-state index in [1.165, 1.54) is 0 Å². The molecule has 0 radical (unpaired) electrons. The van der Waals surface area contributed by atoms with Crippen molar-refractivity contribution in [3.05, 3.63) is 121 Å². The zero-order valence-electron chi connectivity index (χ0n) is 29.9. The first-order valence-electron chi connectivity index (χ1n) is 17.5. The van der Waals surface area contributed by atoms with Crippen LogP contribution in [0.15, 0.2) is 121 Å². The lowest BCUT2D eigenvalue weighted by atomic mass is 9.98. The molecule has 4 aromatic carbocycles. The molecule has 0 unspecified atom stereocenters. The Labute approximate surface area is 294 Å². The predicted molar refractivity (Wildman–Crippen MR) is 201 cm³/mol. The molecule has 0 bridgehead atoms. The van der Waals surface area contributed by atoms with Crippen LogP contribution in [0.1, 0.15) is 54.9 Å². The predicted octanol–water partition coefficient (Wildman–Crippen LogP) is 5.13. The fourth-order valence-electron chi connectivity index (χ4n) is 8.21. The summed E-state index contributed by atoms with van der Waals surface area (Å²) in [5, 5.41) is 15.4. The van der Waals surface area contributed by atoms with Gasteiger partial charge in [-0.1, -0.05) is 156 Å². The third-order valence-electron chi connectivity index (χ3n) is 10.5. The summed E-state index contributed by atoms with van der Waals surface area (Å²) in [6.07, 6.45) is -2.45. The van der Waals surface area contributed by atoms with Gasteiger partial charge in [0, 0.05) is 0 Å². The Morgan fingerprint density at radius 2 is 1.08 bits per heavy atom. The standard InChI is InChI=1S/C41H52O6Si2/c1-39(2,3)49(32-24-16-10-17-25-32,33-26-18-11-19-27-33)44-29-34(42)36-38-37(46-41(6,7)47-38)35(45-36)28-40(4,5)48(43,30-20-12-8-13-21-30)31-22-14-9-15-23-31/h8-27,34-38,42-43H,28-29H2,1-7H3/t34-,35-,36-,37-,38+/m1/s1. The number of benzene rings is 4. The number of hydrogen-bond donors (Lipinski definition) is 2. The maximum absolute atomic E-state index is 12.9. The fraction of sp³-hybridized carbons (Fsp3) is 0.415. The maximum Gasteiger partial charge on any atom is 0.261 e. The third-order valence-corrected chi connectivity index (χ3v) is 20.0. The lowest BCUT2D eigenvalue weighted by molar-refractivity contribution is -0.200. The molecule has 0 aromatic heterocycles. The summed E-state index contributed by atoms with van der Waals surface area (Å²) in [6, 6.07) is 40.9. The van der Waals surface area contributed by atoms with Gasteiger partial charge in [-0.15, -0.1) is 0 Å². The third kappa shape index (κ3) is 6.66. The molecule has 0 amide bonds. The van der Waals surface area contributed by atoms with Gasteiger partial charge in [0.05, 0.1) is 12.7 Å². The van der Waals surface area contributed by atoms with Gasteiger partial charge in [-0.25, -0.2) is 0 Å². The summed E-state index contributed by atoms with van der Waals surface area (Å²) in [4.78, 5) is 12.9. The van der Waals surface area contributed by atoms with Crippen LogP contribution in [0.4, 0.5) is 0 Å². The van der Waals surface area contributed by atoms with Gasteiger partial charge in [0.1, 0.15) is 24.4 Å². The Morgan fingerprint density at radius 3 is 1.51 bits per heavy atom. The summed E-state index contributed by atoms with van der Waals surface area (Å²) in [7, 11) is -6.21. The van der Waals surface area contributed by atoms with Crippen LogP contribution >= 0.6 is 0 Å². The number of rotatable bonds is 11. The smallest absolute Gasteiger partial charge is 0.261 e. The van der Waals surface area contributed by atoms with Gasteiger partial charge in [-0.05, 0) is 51.1 Å². The van der Waals surface area contributed by atoms with Gasteiger partial charge >= 0.3 is 0 Å². The molecular formula is C41H52O6Si2. The molecule has 260 valence electrons. The quantitative estimate of drug-likeness (QED) is 0.212. The molecule has 2 aliphatic heterocycles. The van der Waals surface area contributed by atoms with Gasteiger partial charge in [-0.2, -0.15) is 0 Å². The molecule has 2 saturated heterocycles. The van der Waals surface area contributed by atoms with Crippen LogP contribution in [0.3, 0.4) is 0 Å². The molecule has 6 rings (SSSR count). The molecule has 2 heterocycles. The van der Waals surface area contributed by atoms with E-state index < -0.39 is 58.0 Å². The number of fused-ring (bicyclic) bond motifs is 1. The van der Waals surface area contributed by atoms with Gasteiger partial charge in [0.2, 0.25) is 0 Å². The van der Waals surface area contributed by atoms with E-state index in [-0.39, 0.29) is 11.6 Å². The molecular weight excluding hydrogens is 645 g/mol. The largest absolute Gasteiger partial charge is 0.424 e. The molecule has 2 aliphatic rings. The van der Waals surface area contributed by atoms with Crippen molar-refractivity contribution in [3.8, 4) is 0 Å². The maximum atomic E-state index is 12.9. The Kier molecular flexibility index (Phi) is 10.0. The second-order valence-corrected chi connectivity index (χ2v) is 24.0. The van der Waals surface area contributed by atoms with Crippen LogP contribution in [-0.4, -0.2) is 69.5 Å². The first-order chi connectivity index (χ1) is 23.2. The molecule has 5 atom stereocenters. The molecule has 8 heteroatoms. The highest BCUT2D eigenvalue weighted by Crippen LogP contribution is 2.48. The zero-order valence-corrected chi connectivity index (χ0v) is 31.9. The van der Waals surface area contributed by atoms with Crippen LogP contribution in [0.5, 0.6) is 0 Å². The molecule has 2 N–H and O–H groups in total. The number of aliphatic hydroxyl groups is 1. The van der Waals surface area contributed by atoms with Crippen LogP contribution in [0.2, 0.25) is 10.1 Å². The van der Waals surface area contributed by atoms with Gasteiger partial charge < -0.3 is 28.5 Å². The summed E-state index contributed by atoms with van der Waals surface area (Å²) >= 11 is 0. The summed E-state index contributed by atoms with van der Waals surface area (Å²) < 4.78 is 26.9. The first-order valence-corrected chi connectivity index (χ1v) is 21.3. The Bertz CT molecular complexity index is 1580. The monoisotopic (exact) mass is 696 g/mol. The van der Waals surface area contributed by atoms with E-state index in [9.17, 15) is 9.90 Å². The van der Waals surface area contributed by atoms with Crippen molar-refractivity contribution in [2.24, 2.45) is 0 Å². The van der Waals surface area contributed by atoms with Crippen molar-refractivity contribution in [3.63, 3.8) is 0 Å². The van der Waals surface area contributed by atoms with Gasteiger partial charge in [0.25, 0.3) is 16.6 Å². The van der Waals surface area contributed by atoms with Crippen molar-refractivity contribution < 1.29 is 28.5 Å². The average molecular weight is 697 g/mol. The van der Waals surface area contributed by atoms with Crippen LogP contribution in [-0.2, 0) is 18.6 Å². The molecule has 6 nitrogen and oxygen atoms in total. The minimum atomic E-state index is -3.32. The minimum absolute atomic E-state index is 0.0772. The van der Waals surface area contributed by atoms with Crippen molar-refractivity contribution >= 4 is 37.4 Å². The van der Waals surface area contributed by atoms with Crippen molar-refractivity contribution in [2.75, 3.05) is 6.61 Å². The molecule has 4 aromatic rings. The molecule has 0 spiro atoms. The van der Waals surface area contributed by atoms with Crippen molar-refractivity contribution in [2.45, 2.75) is 101 Å². The Hall–Kier alpha value is -2.93. The molecule has 0 aliphatic carbocycles. The highest BCUT2D eigenvalue weighted by molar-refractivity contribution is 6.99. The van der Waals surface area contributed by atoms with E-state index >= 15 is 0 Å². The second kappa shape index (κ2) is 13.7. The Balaban J connectivity index is 1.31. The van der Waals surface area contributed by atoms with E-state index in [1.807, 2.05) is 86.6 Å². The number of ether oxygens (including phenoxy) is 3. The van der Waals surface area contributed by atoms with Crippen molar-refractivity contribution in [1.82, 2.24) is 0 Å². The minimum Gasteiger partial charge on any atom is -0.424 e. The Morgan fingerprint density at radius 1 is 0.673 bits per heavy atom. The highest BCUT2D eigenvalue weighted by Gasteiger charge is 2.60. The zero-order chi connectivity index (χ0) is 35.1. The first kappa shape index (κ1) is 35.9. The van der Waals surface area contributed by atoms with Crippen LogP contribution in [0, 0.1) is 0 Å². The molecule has 2 fully saturated rings. The topological polar surface area (TPSA) is 77.4 Å². The van der Waals surface area contributed by atoms with Crippen molar-refractivity contribution in [1.29, 1.82) is 0 Å². The fourth-order valence-corrected chi connectivity index (χ4v) is 16.5. The van der Waals surface area contributed by atoms with E-state index in [0.29, 0.717) is 6.42 Å². The normalized spacial score (nSPS) is 23.3. The lowest BCUT2D eigenvalue weighted by Gasteiger charge is -2.44. The van der Waals surface area contributed by atoms with E-state index in [1.54, 1.807) is 0 Å². The van der Waals surface area contributed by atoms with Gasteiger partial charge in [0.15, 0.2) is 5.79 Å². The lowest BCUT2D eigenvalue weighted by Crippen LogP contribution is -2.67. The summed E-state index contributed by atoms with van der Waals surface area (Å²) in [5.74, 6) is -0.842.